The number of ether oxygens (including phenoxy) is 1. The molecule has 1 atom stereocenters. The van der Waals surface area contributed by atoms with Crippen LogP contribution in [0.15, 0.2) is 66.0 Å². The van der Waals surface area contributed by atoms with E-state index in [-0.39, 0.29) is 5.69 Å². The normalized spacial score (nSPS) is 13.3. The molecule has 0 spiro atoms. The fourth-order valence-electron chi connectivity index (χ4n) is 2.56. The van der Waals surface area contributed by atoms with Gasteiger partial charge in [0.25, 0.3) is 5.56 Å². The zero-order valence-electron chi connectivity index (χ0n) is 14.7. The molecule has 3 aromatic rings. The summed E-state index contributed by atoms with van der Waals surface area (Å²) in [6, 6.07) is 16.1. The van der Waals surface area contributed by atoms with Gasteiger partial charge in [-0.15, -0.1) is 0 Å². The Bertz CT molecular complexity index is 1080. The maximum atomic E-state index is 12.4. The van der Waals surface area contributed by atoms with E-state index in [1.54, 1.807) is 43.4 Å². The molecule has 7 nitrogen and oxygen atoms in total. The smallest absolute Gasteiger partial charge is 0.337 e. The van der Waals surface area contributed by atoms with Crippen LogP contribution in [0.25, 0.3) is 16.8 Å². The summed E-state index contributed by atoms with van der Waals surface area (Å²) >= 11 is 0. The van der Waals surface area contributed by atoms with Gasteiger partial charge in [0.1, 0.15) is 11.5 Å². The minimum atomic E-state index is -4.13. The molecule has 0 bridgehead atoms. The molecule has 0 radical (unpaired) electrons. The summed E-state index contributed by atoms with van der Waals surface area (Å²) in [5.41, 5.74) is 1.45. The second-order valence-corrected chi connectivity index (χ2v) is 7.74. The van der Waals surface area contributed by atoms with Crippen molar-refractivity contribution in [2.24, 2.45) is 7.05 Å². The first-order valence-electron chi connectivity index (χ1n) is 8.15. The largest absolute Gasteiger partial charge is 0.467 e. The van der Waals surface area contributed by atoms with Gasteiger partial charge in [0.15, 0.2) is 6.79 Å². The van der Waals surface area contributed by atoms with Crippen molar-refractivity contribution in [3.8, 4) is 0 Å². The van der Waals surface area contributed by atoms with Crippen LogP contribution in [-0.4, -0.2) is 21.2 Å². The van der Waals surface area contributed by atoms with E-state index in [2.05, 4.69) is 11.6 Å². The SMILES string of the molecule is C=C(OCOP(=O)(O)Cc1nc2ccccc2n(C)c1=O)c1ccccc1. The number of nitrogens with zero attached hydrogens (tertiary/aromatic N) is 2. The maximum Gasteiger partial charge on any atom is 0.337 e. The lowest BCUT2D eigenvalue weighted by atomic mass is 10.2. The standard InChI is InChI=1S/C19H19N2O5P/c1-14(15-8-4-3-5-9-15)25-13-26-27(23,24)12-17-19(22)21(2)18-11-7-6-10-16(18)20-17/h3-11H,1,12-13H2,2H3,(H,23,24). The van der Waals surface area contributed by atoms with Crippen molar-refractivity contribution >= 4 is 24.4 Å². The average molecular weight is 386 g/mol. The number of aromatic nitrogens is 2. The first-order chi connectivity index (χ1) is 12.9. The van der Waals surface area contributed by atoms with Crippen molar-refractivity contribution in [3.63, 3.8) is 0 Å². The molecule has 0 saturated carbocycles. The van der Waals surface area contributed by atoms with E-state index in [4.69, 9.17) is 9.26 Å². The third-order valence-electron chi connectivity index (χ3n) is 3.98. The van der Waals surface area contributed by atoms with Crippen molar-refractivity contribution in [2.75, 3.05) is 6.79 Å². The second kappa shape index (κ2) is 7.88. The van der Waals surface area contributed by atoms with Crippen molar-refractivity contribution < 1.29 is 18.7 Å². The first-order valence-corrected chi connectivity index (χ1v) is 9.92. The number of aryl methyl sites for hydroxylation is 1. The Morgan fingerprint density at radius 3 is 2.59 bits per heavy atom. The first kappa shape index (κ1) is 19.0. The van der Waals surface area contributed by atoms with E-state index in [1.807, 2.05) is 18.2 Å². The van der Waals surface area contributed by atoms with Crippen LogP contribution in [0.1, 0.15) is 11.3 Å². The summed E-state index contributed by atoms with van der Waals surface area (Å²) < 4.78 is 24.0. The van der Waals surface area contributed by atoms with E-state index >= 15 is 0 Å². The summed E-state index contributed by atoms with van der Waals surface area (Å²) in [6.07, 6.45) is -0.508. The molecule has 1 unspecified atom stereocenters. The third kappa shape index (κ3) is 4.52. The summed E-state index contributed by atoms with van der Waals surface area (Å²) in [7, 11) is -2.54. The Morgan fingerprint density at radius 1 is 1.19 bits per heavy atom. The molecule has 1 aromatic heterocycles. The molecule has 27 heavy (non-hydrogen) atoms. The van der Waals surface area contributed by atoms with Crippen LogP contribution in [0.4, 0.5) is 0 Å². The number of hydrogen-bond acceptors (Lipinski definition) is 5. The molecule has 0 fully saturated rings. The minimum Gasteiger partial charge on any atom is -0.467 e. The predicted octanol–water partition coefficient (Wildman–Crippen LogP) is 3.28. The monoisotopic (exact) mass is 386 g/mol. The Labute approximate surface area is 156 Å². The number of benzene rings is 2. The Kier molecular flexibility index (Phi) is 5.56. The molecule has 0 aliphatic rings. The highest BCUT2D eigenvalue weighted by atomic mass is 31.2. The highest BCUT2D eigenvalue weighted by molar-refractivity contribution is 7.51. The molecule has 0 aliphatic heterocycles. The average Bonchev–Trinajstić information content (AvgIpc) is 2.66. The van der Waals surface area contributed by atoms with Crippen LogP contribution < -0.4 is 5.56 Å². The van der Waals surface area contributed by atoms with Gasteiger partial charge >= 0.3 is 7.60 Å². The molecule has 0 saturated heterocycles. The Hall–Kier alpha value is -2.73. The van der Waals surface area contributed by atoms with Crippen LogP contribution in [0, 0.1) is 0 Å². The van der Waals surface area contributed by atoms with Gasteiger partial charge in [-0.05, 0) is 12.1 Å². The van der Waals surface area contributed by atoms with E-state index < -0.39 is 26.1 Å². The topological polar surface area (TPSA) is 90.7 Å². The van der Waals surface area contributed by atoms with Gasteiger partial charge < -0.3 is 14.2 Å². The van der Waals surface area contributed by atoms with Crippen molar-refractivity contribution in [1.29, 1.82) is 0 Å². The molecule has 140 valence electrons. The zero-order valence-corrected chi connectivity index (χ0v) is 15.6. The van der Waals surface area contributed by atoms with Gasteiger partial charge in [-0.3, -0.25) is 13.9 Å². The van der Waals surface area contributed by atoms with E-state index in [9.17, 15) is 14.3 Å². The number of para-hydroxylation sites is 2. The minimum absolute atomic E-state index is 0.0380. The molecule has 8 heteroatoms. The highest BCUT2D eigenvalue weighted by Crippen LogP contribution is 2.45. The van der Waals surface area contributed by atoms with E-state index in [0.29, 0.717) is 16.8 Å². The molecule has 0 amide bonds. The molecule has 1 heterocycles. The lowest BCUT2D eigenvalue weighted by Crippen LogP contribution is -2.23. The maximum absolute atomic E-state index is 12.4. The third-order valence-corrected chi connectivity index (χ3v) is 5.19. The van der Waals surface area contributed by atoms with Crippen LogP contribution in [0.5, 0.6) is 0 Å². The quantitative estimate of drug-likeness (QED) is 0.381. The summed E-state index contributed by atoms with van der Waals surface area (Å²) in [5, 5.41) is 0. The summed E-state index contributed by atoms with van der Waals surface area (Å²) in [6.45, 7) is 3.29. The zero-order chi connectivity index (χ0) is 19.4. The summed E-state index contributed by atoms with van der Waals surface area (Å²) in [4.78, 5) is 26.7. The predicted molar refractivity (Wildman–Crippen MR) is 103 cm³/mol. The van der Waals surface area contributed by atoms with Gasteiger partial charge in [-0.25, -0.2) is 4.98 Å². The summed E-state index contributed by atoms with van der Waals surface area (Å²) in [5.74, 6) is 0.315. The fraction of sp³-hybridized carbons (Fsp3) is 0.158. The number of fused-ring (bicyclic) bond motifs is 1. The van der Waals surface area contributed by atoms with Gasteiger partial charge in [0, 0.05) is 12.6 Å². The van der Waals surface area contributed by atoms with Gasteiger partial charge in [-0.2, -0.15) is 0 Å². The molecule has 3 rings (SSSR count). The number of hydrogen-bond donors (Lipinski definition) is 1. The Morgan fingerprint density at radius 2 is 1.85 bits per heavy atom. The van der Waals surface area contributed by atoms with Crippen molar-refractivity contribution in [1.82, 2.24) is 9.55 Å². The molecule has 2 aromatic carbocycles. The molecule has 1 N–H and O–H groups in total. The molecular formula is C19H19N2O5P. The van der Waals surface area contributed by atoms with Crippen LogP contribution in [0.3, 0.4) is 0 Å². The van der Waals surface area contributed by atoms with Gasteiger partial charge in [0.2, 0.25) is 0 Å². The second-order valence-electron chi connectivity index (χ2n) is 5.89. The van der Waals surface area contributed by atoms with Crippen LogP contribution in [0.2, 0.25) is 0 Å². The highest BCUT2D eigenvalue weighted by Gasteiger charge is 2.24. The number of rotatable bonds is 7. The van der Waals surface area contributed by atoms with E-state index in [1.165, 1.54) is 4.57 Å². The lowest BCUT2D eigenvalue weighted by molar-refractivity contribution is 0.0838. The van der Waals surface area contributed by atoms with Crippen molar-refractivity contribution in [3.05, 3.63) is 82.8 Å². The lowest BCUT2D eigenvalue weighted by Gasteiger charge is -2.14. The van der Waals surface area contributed by atoms with Crippen LogP contribution >= 0.6 is 7.60 Å². The fourth-order valence-corrected chi connectivity index (χ4v) is 3.46. The van der Waals surface area contributed by atoms with E-state index in [0.717, 1.165) is 5.56 Å². The van der Waals surface area contributed by atoms with Gasteiger partial charge in [0.05, 0.1) is 17.2 Å². The van der Waals surface area contributed by atoms with Gasteiger partial charge in [-0.1, -0.05) is 49.0 Å². The Balaban J connectivity index is 1.69. The van der Waals surface area contributed by atoms with Crippen molar-refractivity contribution in [2.45, 2.75) is 6.16 Å². The van der Waals surface area contributed by atoms with Crippen LogP contribution in [-0.2, 0) is 27.0 Å². The molecule has 0 aliphatic carbocycles. The molecular weight excluding hydrogens is 367 g/mol.